The molecule has 2 heterocycles. The van der Waals surface area contributed by atoms with E-state index in [1.807, 2.05) is 18.2 Å². The molecule has 1 amide bonds. The highest BCUT2D eigenvalue weighted by atomic mass is 16.5. The van der Waals surface area contributed by atoms with Gasteiger partial charge in [-0.3, -0.25) is 14.6 Å². The van der Waals surface area contributed by atoms with Crippen molar-refractivity contribution in [3.05, 3.63) is 76.9 Å². The van der Waals surface area contributed by atoms with E-state index >= 15 is 0 Å². The minimum atomic E-state index is -0.603. The third kappa shape index (κ3) is 5.36. The Bertz CT molecular complexity index is 1110. The number of benzene rings is 1. The van der Waals surface area contributed by atoms with Crippen LogP contribution in [0.5, 0.6) is 5.75 Å². The van der Waals surface area contributed by atoms with Crippen LogP contribution in [0.2, 0.25) is 0 Å². The predicted molar refractivity (Wildman–Crippen MR) is 114 cm³/mol. The number of aromatic amines is 1. The standard InChI is InChI=1S/C23H23N3O5/c1-14-21(23(29)30-3)19(26-22(14)15(2)27)12-20(28)25-16-8-6-9-18(11-16)31-13-17-7-4-5-10-24-17/h4-11,26H,12-13H2,1-3H3,(H,25,28). The number of hydrogen-bond acceptors (Lipinski definition) is 6. The number of carbonyl (C=O) groups excluding carboxylic acids is 3. The van der Waals surface area contributed by atoms with Gasteiger partial charge in [-0.2, -0.15) is 0 Å². The first-order chi connectivity index (χ1) is 14.9. The van der Waals surface area contributed by atoms with Crippen LogP contribution in [0.1, 0.15) is 44.7 Å². The number of H-pyrrole nitrogens is 1. The lowest BCUT2D eigenvalue weighted by Gasteiger charge is -2.09. The summed E-state index contributed by atoms with van der Waals surface area (Å²) in [4.78, 5) is 43.7. The Kier molecular flexibility index (Phi) is 6.81. The molecule has 1 aromatic carbocycles. The van der Waals surface area contributed by atoms with E-state index < -0.39 is 5.97 Å². The highest BCUT2D eigenvalue weighted by molar-refractivity contribution is 6.02. The van der Waals surface area contributed by atoms with Crippen LogP contribution in [0.25, 0.3) is 0 Å². The summed E-state index contributed by atoms with van der Waals surface area (Å²) in [5.41, 5.74) is 2.61. The number of aromatic nitrogens is 2. The number of ether oxygens (including phenoxy) is 2. The molecule has 0 saturated heterocycles. The van der Waals surface area contributed by atoms with E-state index in [9.17, 15) is 14.4 Å². The average molecular weight is 421 g/mol. The second kappa shape index (κ2) is 9.71. The second-order valence-electron chi connectivity index (χ2n) is 6.89. The van der Waals surface area contributed by atoms with Crippen molar-refractivity contribution in [1.29, 1.82) is 0 Å². The van der Waals surface area contributed by atoms with Crippen LogP contribution in [-0.4, -0.2) is 34.7 Å². The zero-order chi connectivity index (χ0) is 22.4. The van der Waals surface area contributed by atoms with Crippen molar-refractivity contribution in [3.63, 3.8) is 0 Å². The molecule has 0 fully saturated rings. The number of amides is 1. The lowest BCUT2D eigenvalue weighted by atomic mass is 10.1. The van der Waals surface area contributed by atoms with Crippen molar-refractivity contribution in [3.8, 4) is 5.75 Å². The monoisotopic (exact) mass is 421 g/mol. The van der Waals surface area contributed by atoms with Gasteiger partial charge < -0.3 is 19.8 Å². The van der Waals surface area contributed by atoms with E-state index in [4.69, 9.17) is 9.47 Å². The maximum Gasteiger partial charge on any atom is 0.339 e. The topological polar surface area (TPSA) is 110 Å². The van der Waals surface area contributed by atoms with Crippen molar-refractivity contribution in [2.45, 2.75) is 26.9 Å². The summed E-state index contributed by atoms with van der Waals surface area (Å²) in [6.07, 6.45) is 1.56. The number of anilines is 1. The van der Waals surface area contributed by atoms with Gasteiger partial charge in [0.1, 0.15) is 12.4 Å². The molecule has 0 aliphatic rings. The van der Waals surface area contributed by atoms with Crippen molar-refractivity contribution in [2.24, 2.45) is 0 Å². The van der Waals surface area contributed by atoms with Gasteiger partial charge in [0, 0.05) is 30.6 Å². The van der Waals surface area contributed by atoms with Crippen LogP contribution >= 0.6 is 0 Å². The van der Waals surface area contributed by atoms with Crippen LogP contribution in [-0.2, 0) is 22.6 Å². The van der Waals surface area contributed by atoms with Gasteiger partial charge in [0.2, 0.25) is 5.91 Å². The Morgan fingerprint density at radius 2 is 1.94 bits per heavy atom. The summed E-state index contributed by atoms with van der Waals surface area (Å²) >= 11 is 0. The van der Waals surface area contributed by atoms with Gasteiger partial charge >= 0.3 is 5.97 Å². The van der Waals surface area contributed by atoms with Gasteiger partial charge in [0.25, 0.3) is 0 Å². The second-order valence-corrected chi connectivity index (χ2v) is 6.89. The molecule has 0 unspecified atom stereocenters. The molecular formula is C23H23N3O5. The lowest BCUT2D eigenvalue weighted by molar-refractivity contribution is -0.115. The van der Waals surface area contributed by atoms with Gasteiger partial charge in [-0.25, -0.2) is 4.79 Å². The summed E-state index contributed by atoms with van der Waals surface area (Å²) < 4.78 is 10.5. The normalized spacial score (nSPS) is 10.4. The molecule has 160 valence electrons. The first-order valence-corrected chi connectivity index (χ1v) is 9.62. The molecule has 0 aliphatic heterocycles. The molecule has 31 heavy (non-hydrogen) atoms. The van der Waals surface area contributed by atoms with Crippen molar-refractivity contribution in [1.82, 2.24) is 9.97 Å². The Labute approximate surface area is 179 Å². The van der Waals surface area contributed by atoms with E-state index in [-0.39, 0.29) is 29.4 Å². The summed E-state index contributed by atoms with van der Waals surface area (Å²) in [7, 11) is 1.25. The number of ketones is 1. The van der Waals surface area contributed by atoms with E-state index in [2.05, 4.69) is 15.3 Å². The zero-order valence-corrected chi connectivity index (χ0v) is 17.5. The maximum atomic E-state index is 12.6. The van der Waals surface area contributed by atoms with Crippen molar-refractivity contribution < 1.29 is 23.9 Å². The number of nitrogens with one attached hydrogen (secondary N) is 2. The van der Waals surface area contributed by atoms with E-state index in [0.29, 0.717) is 29.3 Å². The third-order valence-electron chi connectivity index (χ3n) is 4.64. The molecular weight excluding hydrogens is 398 g/mol. The van der Waals surface area contributed by atoms with E-state index in [1.165, 1.54) is 14.0 Å². The molecule has 3 aromatic rings. The number of esters is 1. The fourth-order valence-electron chi connectivity index (χ4n) is 3.19. The Morgan fingerprint density at radius 1 is 1.13 bits per heavy atom. The lowest BCUT2D eigenvalue weighted by Crippen LogP contribution is -2.17. The molecule has 0 saturated carbocycles. The Morgan fingerprint density at radius 3 is 2.61 bits per heavy atom. The van der Waals surface area contributed by atoms with Gasteiger partial charge in [-0.05, 0) is 36.8 Å². The maximum absolute atomic E-state index is 12.6. The minimum Gasteiger partial charge on any atom is -0.487 e. The number of nitrogens with zero attached hydrogens (tertiary/aromatic N) is 1. The van der Waals surface area contributed by atoms with Crippen LogP contribution in [0.15, 0.2) is 48.7 Å². The number of Topliss-reactive ketones (excluding diaryl/α,β-unsaturated/α-hetero) is 1. The number of pyridine rings is 1. The van der Waals surface area contributed by atoms with Gasteiger partial charge in [0.05, 0.1) is 30.5 Å². The predicted octanol–water partition coefficient (Wildman–Crippen LogP) is 3.47. The first kappa shape index (κ1) is 21.8. The molecule has 3 rings (SSSR count). The molecule has 0 radical (unpaired) electrons. The van der Waals surface area contributed by atoms with Crippen LogP contribution < -0.4 is 10.1 Å². The van der Waals surface area contributed by atoms with E-state index in [0.717, 1.165) is 5.69 Å². The smallest absolute Gasteiger partial charge is 0.339 e. The molecule has 0 bridgehead atoms. The Balaban J connectivity index is 1.70. The van der Waals surface area contributed by atoms with Crippen molar-refractivity contribution >= 4 is 23.3 Å². The number of hydrogen-bond donors (Lipinski definition) is 2. The van der Waals surface area contributed by atoms with Crippen molar-refractivity contribution in [2.75, 3.05) is 12.4 Å². The number of rotatable bonds is 8. The average Bonchev–Trinajstić information content (AvgIpc) is 3.08. The minimum absolute atomic E-state index is 0.127. The molecule has 0 aliphatic carbocycles. The summed E-state index contributed by atoms with van der Waals surface area (Å²) in [6.45, 7) is 3.33. The number of methoxy groups -OCH3 is 1. The van der Waals surface area contributed by atoms with E-state index in [1.54, 1.807) is 37.4 Å². The molecule has 2 aromatic heterocycles. The fraction of sp³-hybridized carbons (Fsp3) is 0.217. The van der Waals surface area contributed by atoms with Gasteiger partial charge in [0.15, 0.2) is 5.78 Å². The molecule has 0 spiro atoms. The third-order valence-corrected chi connectivity index (χ3v) is 4.64. The first-order valence-electron chi connectivity index (χ1n) is 9.62. The molecule has 2 N–H and O–H groups in total. The fourth-order valence-corrected chi connectivity index (χ4v) is 3.19. The summed E-state index contributed by atoms with van der Waals surface area (Å²) in [6, 6.07) is 12.5. The largest absolute Gasteiger partial charge is 0.487 e. The highest BCUT2D eigenvalue weighted by Gasteiger charge is 2.24. The summed E-state index contributed by atoms with van der Waals surface area (Å²) in [5, 5.41) is 2.78. The molecule has 8 heteroatoms. The Hall–Kier alpha value is -3.94. The highest BCUT2D eigenvalue weighted by Crippen LogP contribution is 2.22. The molecule has 0 atom stereocenters. The molecule has 8 nitrogen and oxygen atoms in total. The van der Waals surface area contributed by atoms with Gasteiger partial charge in [-0.1, -0.05) is 12.1 Å². The van der Waals surface area contributed by atoms with Crippen LogP contribution in [0, 0.1) is 6.92 Å². The quantitative estimate of drug-likeness (QED) is 0.426. The SMILES string of the molecule is COC(=O)c1c(CC(=O)Nc2cccc(OCc3ccccn3)c2)[nH]c(C(C)=O)c1C. The summed E-state index contributed by atoms with van der Waals surface area (Å²) in [5.74, 6) is -0.613. The zero-order valence-electron chi connectivity index (χ0n) is 17.5. The number of carbonyl (C=O) groups is 3. The van der Waals surface area contributed by atoms with Crippen LogP contribution in [0.3, 0.4) is 0 Å². The van der Waals surface area contributed by atoms with Gasteiger partial charge in [-0.15, -0.1) is 0 Å². The van der Waals surface area contributed by atoms with Crippen LogP contribution in [0.4, 0.5) is 5.69 Å².